The number of anilines is 2. The van der Waals surface area contributed by atoms with E-state index in [0.29, 0.717) is 0 Å². The quantitative estimate of drug-likeness (QED) is 0.197. The van der Waals surface area contributed by atoms with E-state index in [1.807, 2.05) is 0 Å². The van der Waals surface area contributed by atoms with Crippen molar-refractivity contribution in [2.45, 2.75) is 31.8 Å². The smallest absolute Gasteiger partial charge is 0.126 e. The maximum absolute atomic E-state index is 3.78. The van der Waals surface area contributed by atoms with Gasteiger partial charge in [0.1, 0.15) is 6.17 Å². The number of aromatic nitrogens is 1. The van der Waals surface area contributed by atoms with Gasteiger partial charge in [0.15, 0.2) is 0 Å². The van der Waals surface area contributed by atoms with E-state index in [-0.39, 0.29) is 6.17 Å². The average molecular weight is 711 g/mol. The van der Waals surface area contributed by atoms with Crippen molar-refractivity contribution in [1.29, 1.82) is 0 Å². The van der Waals surface area contributed by atoms with Gasteiger partial charge in [-0.1, -0.05) is 115 Å². The van der Waals surface area contributed by atoms with E-state index in [1.165, 1.54) is 94.4 Å². The van der Waals surface area contributed by atoms with Gasteiger partial charge in [0, 0.05) is 41.2 Å². The molecule has 4 heterocycles. The standard InChI is InChI=1S/C51H42N4/c1-53-48(43-23-13-14-30-52-43)32-37(36-27-26-34-15-5-6-16-35(34)31-36)33-49(53)55-44-24-11-9-20-40(44)39-19-7-8-21-41(39)50-47(55)29-28-46-51(50)42-22-10-12-25-45(42)54(46)38-17-3-2-4-18-38/h2-3,5-12,15-17,19-29,31-33,49,52H,4,13-14,18,30H2,1H3. The minimum absolute atomic E-state index is 0.128. The predicted octanol–water partition coefficient (Wildman–Crippen LogP) is 12.4. The van der Waals surface area contributed by atoms with Gasteiger partial charge in [-0.3, -0.25) is 0 Å². The number of fused-ring (bicyclic) bond motifs is 10. The molecule has 1 atom stereocenters. The van der Waals surface area contributed by atoms with Gasteiger partial charge in [0.25, 0.3) is 0 Å². The van der Waals surface area contributed by atoms with Crippen molar-refractivity contribution in [2.75, 3.05) is 18.5 Å². The Hall–Kier alpha value is -6.52. The molecule has 0 amide bonds. The number of nitrogens with zero attached hydrogens (tertiary/aromatic N) is 3. The number of hydrogen-bond donors (Lipinski definition) is 1. The summed E-state index contributed by atoms with van der Waals surface area (Å²) < 4.78 is 2.52. The monoisotopic (exact) mass is 710 g/mol. The van der Waals surface area contributed by atoms with Crippen LogP contribution in [0.1, 0.15) is 31.2 Å². The molecule has 1 aromatic heterocycles. The van der Waals surface area contributed by atoms with Crippen molar-refractivity contribution in [1.82, 2.24) is 14.8 Å². The van der Waals surface area contributed by atoms with Crippen LogP contribution in [0.5, 0.6) is 0 Å². The van der Waals surface area contributed by atoms with Gasteiger partial charge >= 0.3 is 0 Å². The normalized spacial score (nSPS) is 17.8. The molecule has 4 nitrogen and oxygen atoms in total. The lowest BCUT2D eigenvalue weighted by Gasteiger charge is -2.43. The Morgan fingerprint density at radius 2 is 1.49 bits per heavy atom. The second-order valence-electron chi connectivity index (χ2n) is 15.2. The predicted molar refractivity (Wildman–Crippen MR) is 232 cm³/mol. The second kappa shape index (κ2) is 12.8. The molecule has 266 valence electrons. The maximum Gasteiger partial charge on any atom is 0.126 e. The van der Waals surface area contributed by atoms with Crippen LogP contribution >= 0.6 is 0 Å². The number of rotatable bonds is 4. The lowest BCUT2D eigenvalue weighted by atomic mass is 9.92. The van der Waals surface area contributed by atoms with E-state index < -0.39 is 0 Å². The zero-order valence-electron chi connectivity index (χ0n) is 31.0. The van der Waals surface area contributed by atoms with Gasteiger partial charge in [-0.2, -0.15) is 0 Å². The van der Waals surface area contributed by atoms with E-state index >= 15 is 0 Å². The molecule has 1 unspecified atom stereocenters. The Labute approximate surface area is 322 Å². The third-order valence-electron chi connectivity index (χ3n) is 12.1. The topological polar surface area (TPSA) is 23.4 Å². The summed E-state index contributed by atoms with van der Waals surface area (Å²) in [7, 11) is 2.27. The third kappa shape index (κ3) is 5.05. The molecule has 1 N–H and O–H groups in total. The van der Waals surface area contributed by atoms with Gasteiger partial charge < -0.3 is 19.7 Å². The molecule has 0 saturated heterocycles. The molecule has 0 bridgehead atoms. The van der Waals surface area contributed by atoms with Crippen LogP contribution in [0.15, 0.2) is 175 Å². The highest BCUT2D eigenvalue weighted by Crippen LogP contribution is 2.54. The molecule has 0 spiro atoms. The molecular weight excluding hydrogens is 669 g/mol. The average Bonchev–Trinajstić information content (AvgIpc) is 3.53. The molecule has 0 radical (unpaired) electrons. The van der Waals surface area contributed by atoms with E-state index in [0.717, 1.165) is 32.2 Å². The van der Waals surface area contributed by atoms with Crippen LogP contribution in [-0.2, 0) is 0 Å². The fraction of sp³-hybridized carbons (Fsp3) is 0.137. The van der Waals surface area contributed by atoms with Gasteiger partial charge in [-0.15, -0.1) is 0 Å². The summed E-state index contributed by atoms with van der Waals surface area (Å²) in [5.74, 6) is 0. The van der Waals surface area contributed by atoms with Crippen LogP contribution in [0.4, 0.5) is 11.4 Å². The summed E-state index contributed by atoms with van der Waals surface area (Å²) in [5.41, 5.74) is 16.2. The molecule has 4 heteroatoms. The van der Waals surface area contributed by atoms with Crippen molar-refractivity contribution in [3.8, 4) is 22.3 Å². The minimum Gasteiger partial charge on any atom is -0.384 e. The molecule has 6 aromatic carbocycles. The van der Waals surface area contributed by atoms with Crippen LogP contribution in [0.25, 0.3) is 66.1 Å². The van der Waals surface area contributed by atoms with Crippen molar-refractivity contribution in [3.05, 3.63) is 181 Å². The number of hydrogen-bond acceptors (Lipinski definition) is 3. The molecule has 0 saturated carbocycles. The molecule has 4 aliphatic rings. The Morgan fingerprint density at radius 1 is 0.691 bits per heavy atom. The summed E-state index contributed by atoms with van der Waals surface area (Å²) in [4.78, 5) is 5.11. The number of benzene rings is 6. The van der Waals surface area contributed by atoms with Gasteiger partial charge in [0.05, 0.1) is 33.8 Å². The lowest BCUT2D eigenvalue weighted by molar-refractivity contribution is 0.353. The molecule has 3 aliphatic heterocycles. The molecule has 11 rings (SSSR count). The SMILES string of the molecule is CN1C(C2=CCCCN2)=CC(c2ccc3ccccc3c2)=CC1N1c2ccccc2-c2ccccc2-c2c1ccc1c2c2ccccc2n1C1=CC=CCC1. The van der Waals surface area contributed by atoms with E-state index in [1.54, 1.807) is 0 Å². The highest BCUT2D eigenvalue weighted by Gasteiger charge is 2.36. The first-order chi connectivity index (χ1) is 27.2. The summed E-state index contributed by atoms with van der Waals surface area (Å²) in [5, 5.41) is 8.88. The summed E-state index contributed by atoms with van der Waals surface area (Å²) in [6.07, 6.45) is 18.2. The fourth-order valence-electron chi connectivity index (χ4n) is 9.49. The maximum atomic E-state index is 3.78. The Balaban J connectivity index is 1.21. The lowest BCUT2D eigenvalue weighted by Crippen LogP contribution is -2.46. The fourth-order valence-corrected chi connectivity index (χ4v) is 9.49. The Morgan fingerprint density at radius 3 is 2.35 bits per heavy atom. The van der Waals surface area contributed by atoms with Crippen LogP contribution < -0.4 is 10.2 Å². The van der Waals surface area contributed by atoms with E-state index in [4.69, 9.17) is 0 Å². The van der Waals surface area contributed by atoms with Crippen molar-refractivity contribution < 1.29 is 0 Å². The molecule has 1 aliphatic carbocycles. The Kier molecular flexibility index (Phi) is 7.44. The van der Waals surface area contributed by atoms with Crippen LogP contribution in [0, 0.1) is 0 Å². The highest BCUT2D eigenvalue weighted by atomic mass is 15.4. The van der Waals surface area contributed by atoms with Gasteiger partial charge in [-0.25, -0.2) is 0 Å². The van der Waals surface area contributed by atoms with Gasteiger partial charge in [-0.05, 0) is 107 Å². The van der Waals surface area contributed by atoms with Crippen molar-refractivity contribution in [3.63, 3.8) is 0 Å². The summed E-state index contributed by atoms with van der Waals surface area (Å²) >= 11 is 0. The number of likely N-dealkylation sites (N-methyl/N-ethyl adjacent to an activating group) is 1. The van der Waals surface area contributed by atoms with E-state index in [2.05, 4.69) is 191 Å². The number of nitrogens with one attached hydrogen (secondary N) is 1. The van der Waals surface area contributed by atoms with Gasteiger partial charge in [0.2, 0.25) is 0 Å². The first-order valence-corrected chi connectivity index (χ1v) is 19.7. The van der Waals surface area contributed by atoms with Crippen LogP contribution in [-0.4, -0.2) is 29.2 Å². The molecule has 0 fully saturated rings. The second-order valence-corrected chi connectivity index (χ2v) is 15.2. The molecular formula is C51H42N4. The van der Waals surface area contributed by atoms with Crippen molar-refractivity contribution in [2.24, 2.45) is 0 Å². The first kappa shape index (κ1) is 32.0. The zero-order valence-corrected chi connectivity index (χ0v) is 31.0. The zero-order chi connectivity index (χ0) is 36.5. The minimum atomic E-state index is -0.128. The van der Waals surface area contributed by atoms with Crippen LogP contribution in [0.2, 0.25) is 0 Å². The third-order valence-corrected chi connectivity index (χ3v) is 12.1. The van der Waals surface area contributed by atoms with Crippen molar-refractivity contribution >= 4 is 55.2 Å². The summed E-state index contributed by atoms with van der Waals surface area (Å²) in [6, 6.07) is 47.5. The van der Waals surface area contributed by atoms with Crippen LogP contribution in [0.3, 0.4) is 0 Å². The number of allylic oxidation sites excluding steroid dienone is 7. The summed E-state index contributed by atoms with van der Waals surface area (Å²) in [6.45, 7) is 0.982. The molecule has 7 aromatic rings. The first-order valence-electron chi connectivity index (χ1n) is 19.7. The number of para-hydroxylation sites is 2. The Bertz CT molecular complexity index is 2860. The molecule has 55 heavy (non-hydrogen) atoms. The largest absolute Gasteiger partial charge is 0.384 e. The highest BCUT2D eigenvalue weighted by molar-refractivity contribution is 6.21. The van der Waals surface area contributed by atoms with E-state index in [9.17, 15) is 0 Å².